The number of alkyl halides is 3. The predicted molar refractivity (Wildman–Crippen MR) is 73.1 cm³/mol. The highest BCUT2D eigenvalue weighted by Crippen LogP contribution is 2.34. The van der Waals surface area contributed by atoms with Crippen molar-refractivity contribution in [3.05, 3.63) is 29.3 Å². The number of benzene rings is 1. The van der Waals surface area contributed by atoms with Crippen LogP contribution in [-0.4, -0.2) is 30.1 Å². The quantitative estimate of drug-likeness (QED) is 0.784. The maximum atomic E-state index is 12.6. The van der Waals surface area contributed by atoms with Crippen molar-refractivity contribution in [2.45, 2.75) is 30.8 Å². The molecule has 1 fully saturated rings. The van der Waals surface area contributed by atoms with Crippen LogP contribution in [0.4, 0.5) is 13.2 Å². The van der Waals surface area contributed by atoms with Crippen LogP contribution in [0.1, 0.15) is 28.8 Å². The van der Waals surface area contributed by atoms with Gasteiger partial charge in [-0.15, -0.1) is 12.6 Å². The number of aryl methyl sites for hydroxylation is 1. The Morgan fingerprint density at radius 2 is 1.90 bits per heavy atom. The van der Waals surface area contributed by atoms with E-state index in [0.717, 1.165) is 5.56 Å². The molecule has 6 heteroatoms. The third kappa shape index (κ3) is 3.29. The zero-order chi connectivity index (χ0) is 14.9. The summed E-state index contributed by atoms with van der Waals surface area (Å²) in [5.41, 5.74) is 1.33. The van der Waals surface area contributed by atoms with E-state index in [2.05, 4.69) is 12.6 Å². The number of likely N-dealkylation sites (tertiary alicyclic amines) is 1. The molecule has 0 unspecified atom stereocenters. The molecule has 0 bridgehead atoms. The van der Waals surface area contributed by atoms with E-state index < -0.39 is 12.1 Å². The van der Waals surface area contributed by atoms with Crippen LogP contribution < -0.4 is 0 Å². The number of nitrogens with zero attached hydrogens (tertiary/aromatic N) is 1. The van der Waals surface area contributed by atoms with Gasteiger partial charge in [0.25, 0.3) is 5.91 Å². The van der Waals surface area contributed by atoms with Crippen molar-refractivity contribution in [1.29, 1.82) is 0 Å². The van der Waals surface area contributed by atoms with Gasteiger partial charge in [-0.05, 0) is 37.5 Å². The fourth-order valence-electron chi connectivity index (χ4n) is 2.42. The fraction of sp³-hybridized carbons (Fsp3) is 0.500. The standard InChI is InChI=1S/C14H16F3NOS/c1-9-2-3-11(20)8-12(9)13(19)18-6-4-10(5-7-18)14(15,16)17/h2-3,8,10,20H,4-7H2,1H3. The van der Waals surface area contributed by atoms with Crippen molar-refractivity contribution in [1.82, 2.24) is 4.90 Å². The monoisotopic (exact) mass is 303 g/mol. The van der Waals surface area contributed by atoms with Gasteiger partial charge in [0, 0.05) is 23.5 Å². The molecule has 1 aliphatic heterocycles. The molecule has 20 heavy (non-hydrogen) atoms. The van der Waals surface area contributed by atoms with Gasteiger partial charge in [-0.1, -0.05) is 6.07 Å². The summed E-state index contributed by atoms with van der Waals surface area (Å²) in [5.74, 6) is -1.50. The van der Waals surface area contributed by atoms with E-state index in [4.69, 9.17) is 0 Å². The molecule has 0 saturated carbocycles. The summed E-state index contributed by atoms with van der Waals surface area (Å²) in [6.07, 6.45) is -4.19. The lowest BCUT2D eigenvalue weighted by Gasteiger charge is -2.33. The highest BCUT2D eigenvalue weighted by Gasteiger charge is 2.41. The van der Waals surface area contributed by atoms with Crippen LogP contribution >= 0.6 is 12.6 Å². The number of hydrogen-bond acceptors (Lipinski definition) is 2. The van der Waals surface area contributed by atoms with E-state index in [-0.39, 0.29) is 31.8 Å². The first-order chi connectivity index (χ1) is 9.29. The molecule has 1 amide bonds. The number of carbonyl (C=O) groups is 1. The SMILES string of the molecule is Cc1ccc(S)cc1C(=O)N1CCC(C(F)(F)F)CC1. The van der Waals surface area contributed by atoms with E-state index in [1.807, 2.05) is 6.92 Å². The van der Waals surface area contributed by atoms with Crippen molar-refractivity contribution >= 4 is 18.5 Å². The summed E-state index contributed by atoms with van der Waals surface area (Å²) in [7, 11) is 0. The molecule has 1 heterocycles. The van der Waals surface area contributed by atoms with Crippen LogP contribution in [0.5, 0.6) is 0 Å². The Morgan fingerprint density at radius 3 is 2.45 bits per heavy atom. The van der Waals surface area contributed by atoms with Crippen molar-refractivity contribution in [3.8, 4) is 0 Å². The van der Waals surface area contributed by atoms with Crippen LogP contribution in [0, 0.1) is 12.8 Å². The maximum Gasteiger partial charge on any atom is 0.391 e. The lowest BCUT2D eigenvalue weighted by Crippen LogP contribution is -2.42. The largest absolute Gasteiger partial charge is 0.391 e. The highest BCUT2D eigenvalue weighted by molar-refractivity contribution is 7.80. The van der Waals surface area contributed by atoms with Crippen LogP contribution in [0.15, 0.2) is 23.1 Å². The second-order valence-electron chi connectivity index (χ2n) is 5.11. The second-order valence-corrected chi connectivity index (χ2v) is 5.62. The molecule has 0 aromatic heterocycles. The van der Waals surface area contributed by atoms with Crippen molar-refractivity contribution in [2.75, 3.05) is 13.1 Å². The first-order valence-electron chi connectivity index (χ1n) is 6.44. The molecule has 110 valence electrons. The number of hydrogen-bond donors (Lipinski definition) is 1. The van der Waals surface area contributed by atoms with Gasteiger partial charge in [0.05, 0.1) is 5.92 Å². The Hall–Kier alpha value is -1.17. The average Bonchev–Trinajstić information content (AvgIpc) is 2.40. The molecule has 0 spiro atoms. The van der Waals surface area contributed by atoms with Crippen LogP contribution in [0.25, 0.3) is 0 Å². The molecular weight excluding hydrogens is 287 g/mol. The van der Waals surface area contributed by atoms with E-state index in [9.17, 15) is 18.0 Å². The van der Waals surface area contributed by atoms with Crippen LogP contribution in [0.2, 0.25) is 0 Å². The van der Waals surface area contributed by atoms with Crippen molar-refractivity contribution < 1.29 is 18.0 Å². The van der Waals surface area contributed by atoms with Gasteiger partial charge < -0.3 is 4.90 Å². The maximum absolute atomic E-state index is 12.6. The van der Waals surface area contributed by atoms with Gasteiger partial charge in [0.2, 0.25) is 0 Å². The van der Waals surface area contributed by atoms with E-state index in [1.165, 1.54) is 4.90 Å². The summed E-state index contributed by atoms with van der Waals surface area (Å²) in [6.45, 7) is 2.11. The third-order valence-electron chi connectivity index (χ3n) is 3.70. The van der Waals surface area contributed by atoms with Crippen LogP contribution in [0.3, 0.4) is 0 Å². The first kappa shape index (κ1) is 15.2. The third-order valence-corrected chi connectivity index (χ3v) is 3.97. The molecule has 1 aromatic carbocycles. The minimum absolute atomic E-state index is 0.0190. The second kappa shape index (κ2) is 5.68. The topological polar surface area (TPSA) is 20.3 Å². The molecule has 0 N–H and O–H groups in total. The Labute approximate surface area is 121 Å². The summed E-state index contributed by atoms with van der Waals surface area (Å²) in [4.78, 5) is 14.5. The summed E-state index contributed by atoms with van der Waals surface area (Å²) in [6, 6.07) is 5.24. The van der Waals surface area contributed by atoms with Gasteiger partial charge >= 0.3 is 6.18 Å². The van der Waals surface area contributed by atoms with E-state index in [0.29, 0.717) is 10.5 Å². The summed E-state index contributed by atoms with van der Waals surface area (Å²) < 4.78 is 37.8. The van der Waals surface area contributed by atoms with Crippen LogP contribution in [-0.2, 0) is 0 Å². The highest BCUT2D eigenvalue weighted by atomic mass is 32.1. The zero-order valence-corrected chi connectivity index (χ0v) is 12.0. The Morgan fingerprint density at radius 1 is 1.30 bits per heavy atom. The molecule has 0 radical (unpaired) electrons. The molecule has 1 saturated heterocycles. The molecular formula is C14H16F3NOS. The number of piperidine rings is 1. The fourth-order valence-corrected chi connectivity index (χ4v) is 2.62. The van der Waals surface area contributed by atoms with E-state index in [1.54, 1.807) is 18.2 Å². The lowest BCUT2D eigenvalue weighted by atomic mass is 9.95. The number of rotatable bonds is 1. The number of thiol groups is 1. The molecule has 2 rings (SSSR count). The molecule has 1 aromatic rings. The zero-order valence-electron chi connectivity index (χ0n) is 11.1. The molecule has 1 aliphatic rings. The predicted octanol–water partition coefficient (Wildman–Crippen LogP) is 3.70. The van der Waals surface area contributed by atoms with E-state index >= 15 is 0 Å². The number of amides is 1. The first-order valence-corrected chi connectivity index (χ1v) is 6.89. The van der Waals surface area contributed by atoms with Gasteiger partial charge in [-0.3, -0.25) is 4.79 Å². The lowest BCUT2D eigenvalue weighted by molar-refractivity contribution is -0.183. The summed E-state index contributed by atoms with van der Waals surface area (Å²) >= 11 is 4.19. The van der Waals surface area contributed by atoms with Crippen molar-refractivity contribution in [3.63, 3.8) is 0 Å². The van der Waals surface area contributed by atoms with Gasteiger partial charge in [-0.25, -0.2) is 0 Å². The average molecular weight is 303 g/mol. The minimum Gasteiger partial charge on any atom is -0.339 e. The van der Waals surface area contributed by atoms with Gasteiger partial charge in [-0.2, -0.15) is 13.2 Å². The number of halogens is 3. The molecule has 0 aliphatic carbocycles. The Balaban J connectivity index is 2.07. The number of carbonyl (C=O) groups excluding carboxylic acids is 1. The minimum atomic E-state index is -4.16. The Bertz CT molecular complexity index is 508. The molecule has 2 nitrogen and oxygen atoms in total. The summed E-state index contributed by atoms with van der Waals surface area (Å²) in [5, 5.41) is 0. The Kier molecular flexibility index (Phi) is 4.32. The molecule has 0 atom stereocenters. The van der Waals surface area contributed by atoms with Crippen molar-refractivity contribution in [2.24, 2.45) is 5.92 Å². The smallest absolute Gasteiger partial charge is 0.339 e. The van der Waals surface area contributed by atoms with Gasteiger partial charge in [0.1, 0.15) is 0 Å². The normalized spacial score (nSPS) is 17.4. The van der Waals surface area contributed by atoms with Gasteiger partial charge in [0.15, 0.2) is 0 Å².